The molecule has 0 saturated heterocycles. The second-order valence-electron chi connectivity index (χ2n) is 5.29. The van der Waals surface area contributed by atoms with Crippen molar-refractivity contribution in [3.05, 3.63) is 58.4 Å². The Bertz CT molecular complexity index is 625. The molecule has 2 aromatic carbocycles. The molecule has 0 radical (unpaired) electrons. The number of rotatable bonds is 7. The van der Waals surface area contributed by atoms with Crippen LogP contribution in [0.3, 0.4) is 0 Å². The van der Waals surface area contributed by atoms with Gasteiger partial charge in [-0.3, -0.25) is 0 Å². The van der Waals surface area contributed by atoms with Crippen molar-refractivity contribution in [3.63, 3.8) is 0 Å². The van der Waals surface area contributed by atoms with Gasteiger partial charge in [-0.05, 0) is 37.1 Å². The van der Waals surface area contributed by atoms with Gasteiger partial charge in [-0.2, -0.15) is 0 Å². The Hall–Kier alpha value is -2.11. The zero-order valence-electron chi connectivity index (χ0n) is 13.3. The fourth-order valence-electron chi connectivity index (χ4n) is 2.45. The molecule has 2 aromatic rings. The van der Waals surface area contributed by atoms with Crippen molar-refractivity contribution in [2.45, 2.75) is 27.1 Å². The molecule has 0 aromatic heterocycles. The maximum absolute atomic E-state index is 13.4. The van der Waals surface area contributed by atoms with Crippen LogP contribution in [0.25, 0.3) is 0 Å². The normalized spacial score (nSPS) is 10.7. The first-order valence-corrected chi connectivity index (χ1v) is 7.41. The second kappa shape index (κ2) is 7.94. The van der Waals surface area contributed by atoms with E-state index in [4.69, 9.17) is 9.47 Å². The van der Waals surface area contributed by atoms with E-state index in [9.17, 15) is 14.6 Å². The smallest absolute Gasteiger partial charge is 0.130 e. The first kappa shape index (κ1) is 17.2. The van der Waals surface area contributed by atoms with Gasteiger partial charge in [0.15, 0.2) is 0 Å². The third-order valence-electron chi connectivity index (χ3n) is 3.53. The zero-order valence-corrected chi connectivity index (χ0v) is 13.3. The lowest BCUT2D eigenvalue weighted by molar-refractivity contribution is 0.201. The van der Waals surface area contributed by atoms with Gasteiger partial charge in [0.1, 0.15) is 30.5 Å². The Morgan fingerprint density at radius 1 is 0.870 bits per heavy atom. The summed E-state index contributed by atoms with van der Waals surface area (Å²) < 4.78 is 24.7. The Morgan fingerprint density at radius 2 is 1.35 bits per heavy atom. The average Bonchev–Trinajstić information content (AvgIpc) is 2.54. The van der Waals surface area contributed by atoms with Crippen molar-refractivity contribution in [2.75, 3.05) is 13.2 Å². The lowest BCUT2D eigenvalue weighted by Gasteiger charge is -2.16. The lowest BCUT2D eigenvalue weighted by Crippen LogP contribution is -2.12. The molecule has 0 bridgehead atoms. The van der Waals surface area contributed by atoms with Crippen molar-refractivity contribution < 1.29 is 24.1 Å². The van der Waals surface area contributed by atoms with Crippen LogP contribution in [-0.4, -0.2) is 23.4 Å². The third kappa shape index (κ3) is 4.21. The molecular weight excluding hydrogens is 299 g/mol. The van der Waals surface area contributed by atoms with Gasteiger partial charge in [0.2, 0.25) is 0 Å². The minimum absolute atomic E-state index is 0.222. The SMILES string of the molecule is Cc1cccc(C)c1OCCOc1c(CO)cc(F)cc1CO. The summed E-state index contributed by atoms with van der Waals surface area (Å²) in [5.74, 6) is 0.610. The van der Waals surface area contributed by atoms with Gasteiger partial charge < -0.3 is 19.7 Å². The highest BCUT2D eigenvalue weighted by atomic mass is 19.1. The van der Waals surface area contributed by atoms with Crippen molar-refractivity contribution in [1.82, 2.24) is 0 Å². The summed E-state index contributed by atoms with van der Waals surface area (Å²) in [7, 11) is 0. The van der Waals surface area contributed by atoms with E-state index >= 15 is 0 Å². The van der Waals surface area contributed by atoms with Crippen LogP contribution in [0, 0.1) is 19.7 Å². The van der Waals surface area contributed by atoms with Crippen LogP contribution in [0.15, 0.2) is 30.3 Å². The van der Waals surface area contributed by atoms with E-state index < -0.39 is 5.82 Å². The largest absolute Gasteiger partial charge is 0.489 e. The number of aliphatic hydroxyl groups is 2. The molecule has 0 aliphatic heterocycles. The number of aryl methyl sites for hydroxylation is 2. The van der Waals surface area contributed by atoms with Crippen LogP contribution in [0.2, 0.25) is 0 Å². The van der Waals surface area contributed by atoms with E-state index in [0.717, 1.165) is 16.9 Å². The Morgan fingerprint density at radius 3 is 1.83 bits per heavy atom. The molecule has 23 heavy (non-hydrogen) atoms. The lowest BCUT2D eigenvalue weighted by atomic mass is 10.1. The molecule has 4 nitrogen and oxygen atoms in total. The number of hydrogen-bond acceptors (Lipinski definition) is 4. The van der Waals surface area contributed by atoms with Crippen LogP contribution in [0.5, 0.6) is 11.5 Å². The monoisotopic (exact) mass is 320 g/mol. The standard InChI is InChI=1S/C18H21FO4/c1-12-4-3-5-13(2)17(12)22-6-7-23-18-14(10-20)8-16(19)9-15(18)11-21/h3-5,8-9,20-21H,6-7,10-11H2,1-2H3. The highest BCUT2D eigenvalue weighted by Gasteiger charge is 2.12. The molecular formula is C18H21FO4. The van der Waals surface area contributed by atoms with Crippen molar-refractivity contribution >= 4 is 0 Å². The third-order valence-corrected chi connectivity index (χ3v) is 3.53. The Labute approximate surface area is 135 Å². The summed E-state index contributed by atoms with van der Waals surface area (Å²) in [5, 5.41) is 18.6. The van der Waals surface area contributed by atoms with Crippen molar-refractivity contribution in [2.24, 2.45) is 0 Å². The van der Waals surface area contributed by atoms with Gasteiger partial charge >= 0.3 is 0 Å². The minimum Gasteiger partial charge on any atom is -0.489 e. The summed E-state index contributed by atoms with van der Waals surface area (Å²) in [6.45, 7) is 3.74. The fraction of sp³-hybridized carbons (Fsp3) is 0.333. The van der Waals surface area contributed by atoms with Crippen LogP contribution < -0.4 is 9.47 Å². The van der Waals surface area contributed by atoms with Gasteiger partial charge in [-0.25, -0.2) is 4.39 Å². The molecule has 0 fully saturated rings. The quantitative estimate of drug-likeness (QED) is 0.770. The number of aliphatic hydroxyl groups excluding tert-OH is 2. The minimum atomic E-state index is -0.516. The van der Waals surface area contributed by atoms with E-state index in [1.54, 1.807) is 0 Å². The summed E-state index contributed by atoms with van der Waals surface area (Å²) in [6.07, 6.45) is 0. The Kier molecular flexibility index (Phi) is 5.96. The zero-order chi connectivity index (χ0) is 16.8. The predicted molar refractivity (Wildman–Crippen MR) is 85.2 cm³/mol. The molecule has 0 amide bonds. The fourth-order valence-corrected chi connectivity index (χ4v) is 2.45. The molecule has 0 spiro atoms. The molecule has 2 rings (SSSR count). The molecule has 0 heterocycles. The van der Waals surface area contributed by atoms with E-state index in [1.165, 1.54) is 12.1 Å². The highest BCUT2D eigenvalue weighted by molar-refractivity contribution is 5.42. The number of benzene rings is 2. The molecule has 0 aliphatic rings. The maximum Gasteiger partial charge on any atom is 0.130 e. The van der Waals surface area contributed by atoms with Crippen LogP contribution in [0.1, 0.15) is 22.3 Å². The number of para-hydroxylation sites is 1. The second-order valence-corrected chi connectivity index (χ2v) is 5.29. The van der Waals surface area contributed by atoms with Crippen LogP contribution in [-0.2, 0) is 13.2 Å². The summed E-state index contributed by atoms with van der Waals surface area (Å²) in [6, 6.07) is 8.29. The predicted octanol–water partition coefficient (Wildman–Crippen LogP) is 2.88. The van der Waals surface area contributed by atoms with Crippen LogP contribution in [0.4, 0.5) is 4.39 Å². The molecule has 0 atom stereocenters. The number of ether oxygens (including phenoxy) is 2. The molecule has 124 valence electrons. The topological polar surface area (TPSA) is 58.9 Å². The number of hydrogen-bond donors (Lipinski definition) is 2. The van der Waals surface area contributed by atoms with E-state index in [-0.39, 0.29) is 19.8 Å². The summed E-state index contributed by atoms with van der Waals surface area (Å²) in [4.78, 5) is 0. The van der Waals surface area contributed by atoms with Gasteiger partial charge in [-0.1, -0.05) is 18.2 Å². The number of halogens is 1. The van der Waals surface area contributed by atoms with E-state index in [2.05, 4.69) is 0 Å². The van der Waals surface area contributed by atoms with Gasteiger partial charge in [0, 0.05) is 11.1 Å². The molecule has 2 N–H and O–H groups in total. The molecule has 0 aliphatic carbocycles. The van der Waals surface area contributed by atoms with Crippen molar-refractivity contribution in [1.29, 1.82) is 0 Å². The first-order valence-electron chi connectivity index (χ1n) is 7.41. The molecule has 0 saturated carbocycles. The van der Waals surface area contributed by atoms with Gasteiger partial charge in [0.05, 0.1) is 13.2 Å². The molecule has 0 unspecified atom stereocenters. The van der Waals surface area contributed by atoms with E-state index in [1.807, 2.05) is 32.0 Å². The average molecular weight is 320 g/mol. The maximum atomic E-state index is 13.4. The highest BCUT2D eigenvalue weighted by Crippen LogP contribution is 2.26. The van der Waals surface area contributed by atoms with E-state index in [0.29, 0.717) is 23.5 Å². The first-order chi connectivity index (χ1) is 11.1. The summed E-state index contributed by atoms with van der Waals surface area (Å²) in [5.41, 5.74) is 2.69. The Balaban J connectivity index is 2.02. The van der Waals surface area contributed by atoms with Crippen molar-refractivity contribution in [3.8, 4) is 11.5 Å². The van der Waals surface area contributed by atoms with Crippen LogP contribution >= 0.6 is 0 Å². The molecule has 5 heteroatoms. The summed E-state index contributed by atoms with van der Waals surface area (Å²) >= 11 is 0. The van der Waals surface area contributed by atoms with Gasteiger partial charge in [0.25, 0.3) is 0 Å². The van der Waals surface area contributed by atoms with Gasteiger partial charge in [-0.15, -0.1) is 0 Å².